The summed E-state index contributed by atoms with van der Waals surface area (Å²) in [6.07, 6.45) is -4.87. The molecule has 0 aromatic heterocycles. The second-order valence-corrected chi connectivity index (χ2v) is 9.90. The lowest BCUT2D eigenvalue weighted by Crippen LogP contribution is -2.38. The van der Waals surface area contributed by atoms with Crippen molar-refractivity contribution in [3.05, 3.63) is 87.9 Å². The normalized spacial score (nSPS) is 11.6. The molecule has 0 fully saturated rings. The van der Waals surface area contributed by atoms with Gasteiger partial charge in [-0.25, -0.2) is 13.2 Å². The van der Waals surface area contributed by atoms with Crippen LogP contribution in [0.1, 0.15) is 15.9 Å². The third kappa shape index (κ3) is 6.10. The van der Waals surface area contributed by atoms with Gasteiger partial charge in [0.05, 0.1) is 38.9 Å². The molecule has 0 saturated carbocycles. The second kappa shape index (κ2) is 10.8. The number of carbonyl (C=O) groups is 2. The van der Waals surface area contributed by atoms with Crippen LogP contribution in [0.5, 0.6) is 0 Å². The highest BCUT2D eigenvalue weighted by atomic mass is 35.5. The maximum absolute atomic E-state index is 13.4. The van der Waals surface area contributed by atoms with Crippen LogP contribution in [0.4, 0.5) is 24.5 Å². The van der Waals surface area contributed by atoms with Gasteiger partial charge in [0.25, 0.3) is 10.0 Å². The van der Waals surface area contributed by atoms with E-state index in [2.05, 4.69) is 10.1 Å². The highest BCUT2D eigenvalue weighted by molar-refractivity contribution is 7.92. The molecule has 3 aromatic rings. The van der Waals surface area contributed by atoms with E-state index in [0.717, 1.165) is 19.2 Å². The van der Waals surface area contributed by atoms with Crippen molar-refractivity contribution in [2.75, 3.05) is 23.3 Å². The molecular formula is C23H17Cl2F3N2O5S. The van der Waals surface area contributed by atoms with Crippen molar-refractivity contribution in [3.63, 3.8) is 0 Å². The van der Waals surface area contributed by atoms with Gasteiger partial charge in [0, 0.05) is 5.69 Å². The molecule has 0 aliphatic rings. The maximum Gasteiger partial charge on any atom is 0.417 e. The zero-order valence-corrected chi connectivity index (χ0v) is 20.7. The number of amides is 1. The van der Waals surface area contributed by atoms with E-state index in [1.165, 1.54) is 42.5 Å². The minimum Gasteiger partial charge on any atom is -0.465 e. The summed E-state index contributed by atoms with van der Waals surface area (Å²) in [6, 6.07) is 13.3. The Morgan fingerprint density at radius 1 is 0.972 bits per heavy atom. The molecule has 0 bridgehead atoms. The Morgan fingerprint density at radius 2 is 1.61 bits per heavy atom. The van der Waals surface area contributed by atoms with Gasteiger partial charge in [-0.1, -0.05) is 41.4 Å². The number of sulfonamides is 1. The fourth-order valence-electron chi connectivity index (χ4n) is 3.12. The lowest BCUT2D eigenvalue weighted by molar-refractivity contribution is -0.137. The summed E-state index contributed by atoms with van der Waals surface area (Å²) in [7, 11) is -3.35. The first kappa shape index (κ1) is 27.3. The third-order valence-corrected chi connectivity index (χ3v) is 7.26. The molecule has 0 atom stereocenters. The quantitative estimate of drug-likeness (QED) is 0.378. The second-order valence-electron chi connectivity index (χ2n) is 7.22. The van der Waals surface area contributed by atoms with E-state index in [0.29, 0.717) is 10.4 Å². The molecule has 0 saturated heterocycles. The average Bonchev–Trinajstić information content (AvgIpc) is 2.83. The molecule has 0 radical (unpaired) electrons. The van der Waals surface area contributed by atoms with E-state index < -0.39 is 50.9 Å². The van der Waals surface area contributed by atoms with Crippen LogP contribution in [-0.2, 0) is 25.7 Å². The summed E-state index contributed by atoms with van der Waals surface area (Å²) < 4.78 is 72.2. The van der Waals surface area contributed by atoms with Gasteiger partial charge in [-0.05, 0) is 48.5 Å². The van der Waals surface area contributed by atoms with E-state index in [9.17, 15) is 31.2 Å². The number of ether oxygens (including phenoxy) is 1. The number of halogens is 5. The molecular weight excluding hydrogens is 544 g/mol. The van der Waals surface area contributed by atoms with Crippen molar-refractivity contribution in [2.24, 2.45) is 0 Å². The van der Waals surface area contributed by atoms with Gasteiger partial charge < -0.3 is 10.1 Å². The SMILES string of the molecule is COC(=O)c1cc(NC(=O)CN(c2ccc(Cl)c(C(F)(F)F)c2)S(=O)(=O)c2ccccc2)ccc1Cl. The van der Waals surface area contributed by atoms with Crippen LogP contribution in [0.3, 0.4) is 0 Å². The Balaban J connectivity index is 2.02. The third-order valence-electron chi connectivity index (χ3n) is 4.82. The summed E-state index contributed by atoms with van der Waals surface area (Å²) >= 11 is 11.6. The minimum atomic E-state index is -4.87. The molecule has 13 heteroatoms. The number of nitrogens with zero attached hydrogens (tertiary/aromatic N) is 1. The molecule has 1 N–H and O–H groups in total. The van der Waals surface area contributed by atoms with Crippen LogP contribution in [0.2, 0.25) is 10.0 Å². The van der Waals surface area contributed by atoms with Crippen LogP contribution in [0.25, 0.3) is 0 Å². The van der Waals surface area contributed by atoms with E-state index in [-0.39, 0.29) is 21.2 Å². The Bertz CT molecular complexity index is 1400. The van der Waals surface area contributed by atoms with Gasteiger partial charge in [0.1, 0.15) is 6.54 Å². The number of nitrogens with one attached hydrogen (secondary N) is 1. The molecule has 36 heavy (non-hydrogen) atoms. The highest BCUT2D eigenvalue weighted by Crippen LogP contribution is 2.38. The molecule has 1 amide bonds. The van der Waals surface area contributed by atoms with Crippen molar-refractivity contribution in [2.45, 2.75) is 11.1 Å². The molecule has 7 nitrogen and oxygen atoms in total. The first-order chi connectivity index (χ1) is 16.8. The number of methoxy groups -OCH3 is 1. The Hall–Kier alpha value is -3.28. The molecule has 0 heterocycles. The molecule has 190 valence electrons. The Kier molecular flexibility index (Phi) is 8.17. The lowest BCUT2D eigenvalue weighted by atomic mass is 10.2. The summed E-state index contributed by atoms with van der Waals surface area (Å²) in [4.78, 5) is 24.4. The van der Waals surface area contributed by atoms with Crippen molar-refractivity contribution in [3.8, 4) is 0 Å². The first-order valence-corrected chi connectivity index (χ1v) is 12.2. The molecule has 3 aromatic carbocycles. The Labute approximate surface area is 214 Å². The van der Waals surface area contributed by atoms with Crippen LogP contribution in [0.15, 0.2) is 71.6 Å². The van der Waals surface area contributed by atoms with Crippen molar-refractivity contribution >= 4 is 56.5 Å². The summed E-state index contributed by atoms with van der Waals surface area (Å²) in [5, 5.41) is 1.82. The predicted octanol–water partition coefficient (Wildman–Crippen LogP) is 5.63. The highest BCUT2D eigenvalue weighted by Gasteiger charge is 2.35. The van der Waals surface area contributed by atoms with Crippen molar-refractivity contribution in [1.82, 2.24) is 0 Å². The summed E-state index contributed by atoms with van der Waals surface area (Å²) in [5.41, 5.74) is -1.68. The van der Waals surface area contributed by atoms with Crippen LogP contribution in [0, 0.1) is 0 Å². The lowest BCUT2D eigenvalue weighted by Gasteiger charge is -2.25. The average molecular weight is 561 g/mol. The van der Waals surface area contributed by atoms with E-state index in [4.69, 9.17) is 23.2 Å². The van der Waals surface area contributed by atoms with Gasteiger partial charge in [-0.15, -0.1) is 0 Å². The van der Waals surface area contributed by atoms with E-state index in [1.807, 2.05) is 0 Å². The predicted molar refractivity (Wildman–Crippen MR) is 129 cm³/mol. The number of hydrogen-bond donors (Lipinski definition) is 1. The number of esters is 1. The summed E-state index contributed by atoms with van der Waals surface area (Å²) in [6.45, 7) is -0.896. The van der Waals surface area contributed by atoms with Crippen LogP contribution in [-0.4, -0.2) is 33.9 Å². The van der Waals surface area contributed by atoms with Crippen LogP contribution < -0.4 is 9.62 Å². The maximum atomic E-state index is 13.4. The van der Waals surface area contributed by atoms with Crippen LogP contribution >= 0.6 is 23.2 Å². The first-order valence-electron chi connectivity index (χ1n) is 9.97. The molecule has 0 unspecified atom stereocenters. The van der Waals surface area contributed by atoms with E-state index >= 15 is 0 Å². The molecule has 0 aliphatic heterocycles. The van der Waals surface area contributed by atoms with Gasteiger partial charge in [0.2, 0.25) is 5.91 Å². The van der Waals surface area contributed by atoms with Crippen molar-refractivity contribution in [1.29, 1.82) is 0 Å². The van der Waals surface area contributed by atoms with E-state index in [1.54, 1.807) is 6.07 Å². The van der Waals surface area contributed by atoms with Gasteiger partial charge >= 0.3 is 12.1 Å². The topological polar surface area (TPSA) is 92.8 Å². The van der Waals surface area contributed by atoms with Gasteiger partial charge in [-0.2, -0.15) is 13.2 Å². The number of anilines is 2. The largest absolute Gasteiger partial charge is 0.465 e. The Morgan fingerprint density at radius 3 is 2.22 bits per heavy atom. The number of hydrogen-bond acceptors (Lipinski definition) is 5. The fraction of sp³-hybridized carbons (Fsp3) is 0.130. The summed E-state index contributed by atoms with van der Waals surface area (Å²) in [5.74, 6) is -1.68. The zero-order valence-electron chi connectivity index (χ0n) is 18.3. The molecule has 3 rings (SSSR count). The smallest absolute Gasteiger partial charge is 0.417 e. The standard InChI is InChI=1S/C23H17Cl2F3N2O5S/c1-35-22(32)17-11-14(7-9-19(17)24)29-21(31)13-30(36(33,34)16-5-3-2-4-6-16)15-8-10-20(25)18(12-15)23(26,27)28/h2-12H,13H2,1H3,(H,29,31). The number of alkyl halides is 3. The monoisotopic (exact) mass is 560 g/mol. The van der Waals surface area contributed by atoms with Crippen molar-refractivity contribution < 1.29 is 35.9 Å². The number of rotatable bonds is 7. The van der Waals surface area contributed by atoms with Gasteiger partial charge in [-0.3, -0.25) is 9.10 Å². The number of benzene rings is 3. The fourth-order valence-corrected chi connectivity index (χ4v) is 4.97. The number of carbonyl (C=O) groups excluding carboxylic acids is 2. The molecule has 0 aliphatic carbocycles. The minimum absolute atomic E-state index is 0.0500. The van der Waals surface area contributed by atoms with Gasteiger partial charge in [0.15, 0.2) is 0 Å². The zero-order chi connectivity index (χ0) is 26.7. The molecule has 0 spiro atoms.